The van der Waals surface area contributed by atoms with E-state index in [1.165, 1.54) is 5.56 Å². The van der Waals surface area contributed by atoms with Gasteiger partial charge < -0.3 is 5.32 Å². The van der Waals surface area contributed by atoms with Crippen LogP contribution in [0.4, 0.5) is 0 Å². The molecule has 1 amide bonds. The van der Waals surface area contributed by atoms with Crippen molar-refractivity contribution in [2.75, 3.05) is 19.6 Å². The Morgan fingerprint density at radius 2 is 1.30 bits per heavy atom. The molecule has 3 aromatic rings. The van der Waals surface area contributed by atoms with Gasteiger partial charge in [0.25, 0.3) is 0 Å². The zero-order valence-electron chi connectivity index (χ0n) is 17.4. The van der Waals surface area contributed by atoms with Gasteiger partial charge in [0.1, 0.15) is 0 Å². The predicted octanol–water partition coefficient (Wildman–Crippen LogP) is 4.85. The maximum absolute atomic E-state index is 13.2. The molecular weight excluding hydrogens is 368 g/mol. The second-order valence-electron chi connectivity index (χ2n) is 8.20. The summed E-state index contributed by atoms with van der Waals surface area (Å²) in [7, 11) is 0. The van der Waals surface area contributed by atoms with Crippen molar-refractivity contribution in [2.45, 2.75) is 25.3 Å². The zero-order chi connectivity index (χ0) is 20.6. The van der Waals surface area contributed by atoms with E-state index in [-0.39, 0.29) is 11.8 Å². The number of likely N-dealkylation sites (tertiary alicyclic amines) is 1. The highest BCUT2D eigenvalue weighted by Crippen LogP contribution is 2.25. The Morgan fingerprint density at radius 1 is 0.800 bits per heavy atom. The molecule has 30 heavy (non-hydrogen) atoms. The molecule has 4 rings (SSSR count). The first kappa shape index (κ1) is 20.4. The third-order valence-corrected chi connectivity index (χ3v) is 6.05. The van der Waals surface area contributed by atoms with E-state index >= 15 is 0 Å². The Bertz CT molecular complexity index is 864. The summed E-state index contributed by atoms with van der Waals surface area (Å²) in [6.45, 7) is 3.96. The zero-order valence-corrected chi connectivity index (χ0v) is 17.4. The Morgan fingerprint density at radius 3 is 1.83 bits per heavy atom. The average Bonchev–Trinajstić information content (AvgIpc) is 2.81. The van der Waals surface area contributed by atoms with Crippen LogP contribution in [-0.2, 0) is 11.3 Å². The number of carbonyl (C=O) groups is 1. The van der Waals surface area contributed by atoms with Crippen molar-refractivity contribution in [3.63, 3.8) is 0 Å². The van der Waals surface area contributed by atoms with Gasteiger partial charge in [-0.1, -0.05) is 91.0 Å². The van der Waals surface area contributed by atoms with Gasteiger partial charge in [0, 0.05) is 13.1 Å². The van der Waals surface area contributed by atoms with Gasteiger partial charge in [-0.05, 0) is 48.5 Å². The van der Waals surface area contributed by atoms with E-state index in [9.17, 15) is 4.79 Å². The molecule has 1 fully saturated rings. The third kappa shape index (κ3) is 5.37. The number of amides is 1. The second-order valence-corrected chi connectivity index (χ2v) is 8.20. The number of nitrogens with one attached hydrogen (secondary N) is 1. The standard InChI is InChI=1S/C27H30N2O/c30-27(26(24-12-6-2-7-13-24)25-14-8-3-9-15-25)28-20-22-16-18-29(19-17-22)21-23-10-4-1-5-11-23/h1-15,22,26H,16-21H2,(H,28,30). The number of hydrogen-bond donors (Lipinski definition) is 1. The molecule has 0 unspecified atom stereocenters. The molecule has 3 heteroatoms. The number of piperidine rings is 1. The molecule has 0 spiro atoms. The highest BCUT2D eigenvalue weighted by molar-refractivity contribution is 5.87. The SMILES string of the molecule is O=C(NCC1CCN(Cc2ccccc2)CC1)C(c1ccccc1)c1ccccc1. The molecule has 0 saturated carbocycles. The first-order valence-electron chi connectivity index (χ1n) is 10.9. The monoisotopic (exact) mass is 398 g/mol. The Hall–Kier alpha value is -2.91. The second kappa shape index (κ2) is 10.2. The summed E-state index contributed by atoms with van der Waals surface area (Å²) in [6.07, 6.45) is 2.27. The Kier molecular flexibility index (Phi) is 6.94. The van der Waals surface area contributed by atoms with E-state index in [4.69, 9.17) is 0 Å². The van der Waals surface area contributed by atoms with Gasteiger partial charge in [-0.15, -0.1) is 0 Å². The molecule has 1 heterocycles. The van der Waals surface area contributed by atoms with Crippen molar-refractivity contribution in [3.05, 3.63) is 108 Å². The minimum atomic E-state index is -0.259. The third-order valence-electron chi connectivity index (χ3n) is 6.05. The van der Waals surface area contributed by atoms with Crippen LogP contribution >= 0.6 is 0 Å². The normalized spacial score (nSPS) is 15.2. The summed E-state index contributed by atoms with van der Waals surface area (Å²) in [4.78, 5) is 15.7. The summed E-state index contributed by atoms with van der Waals surface area (Å²) >= 11 is 0. The molecule has 0 radical (unpaired) electrons. The fourth-order valence-corrected chi connectivity index (χ4v) is 4.32. The van der Waals surface area contributed by atoms with Crippen LogP contribution in [0.15, 0.2) is 91.0 Å². The van der Waals surface area contributed by atoms with E-state index in [1.54, 1.807) is 0 Å². The summed E-state index contributed by atoms with van der Waals surface area (Å²) in [5, 5.41) is 3.26. The fourth-order valence-electron chi connectivity index (χ4n) is 4.32. The minimum absolute atomic E-state index is 0.0964. The van der Waals surface area contributed by atoms with Crippen molar-refractivity contribution >= 4 is 5.91 Å². The highest BCUT2D eigenvalue weighted by Gasteiger charge is 2.24. The number of hydrogen-bond acceptors (Lipinski definition) is 2. The van der Waals surface area contributed by atoms with Crippen molar-refractivity contribution in [1.29, 1.82) is 0 Å². The topological polar surface area (TPSA) is 32.3 Å². The van der Waals surface area contributed by atoms with Gasteiger partial charge >= 0.3 is 0 Å². The highest BCUT2D eigenvalue weighted by atomic mass is 16.1. The first-order valence-corrected chi connectivity index (χ1v) is 10.9. The number of carbonyl (C=O) groups excluding carboxylic acids is 1. The average molecular weight is 399 g/mol. The van der Waals surface area contributed by atoms with E-state index in [1.807, 2.05) is 60.7 Å². The lowest BCUT2D eigenvalue weighted by Crippen LogP contribution is -2.39. The van der Waals surface area contributed by atoms with Gasteiger partial charge in [0.15, 0.2) is 0 Å². The molecule has 1 aliphatic rings. The van der Waals surface area contributed by atoms with Crippen molar-refractivity contribution < 1.29 is 4.79 Å². The lowest BCUT2D eigenvalue weighted by molar-refractivity contribution is -0.122. The fraction of sp³-hybridized carbons (Fsp3) is 0.296. The summed E-state index contributed by atoms with van der Waals surface area (Å²) < 4.78 is 0. The van der Waals surface area contributed by atoms with E-state index in [0.29, 0.717) is 5.92 Å². The molecule has 3 nitrogen and oxygen atoms in total. The van der Waals surface area contributed by atoms with E-state index in [0.717, 1.165) is 50.1 Å². The maximum atomic E-state index is 13.2. The van der Waals surface area contributed by atoms with Crippen LogP contribution in [0.2, 0.25) is 0 Å². The first-order chi connectivity index (χ1) is 14.8. The van der Waals surface area contributed by atoms with Gasteiger partial charge in [0.05, 0.1) is 5.92 Å². The Labute approximate surface area is 179 Å². The molecular formula is C27H30N2O. The Balaban J connectivity index is 1.32. The quantitative estimate of drug-likeness (QED) is 0.617. The number of benzene rings is 3. The molecule has 1 saturated heterocycles. The molecule has 0 atom stereocenters. The van der Waals surface area contributed by atoms with Gasteiger partial charge in [-0.3, -0.25) is 9.69 Å². The van der Waals surface area contributed by atoms with Gasteiger partial charge in [-0.25, -0.2) is 0 Å². The van der Waals surface area contributed by atoms with Crippen LogP contribution in [0.5, 0.6) is 0 Å². The van der Waals surface area contributed by atoms with Crippen LogP contribution < -0.4 is 5.32 Å². The molecule has 0 bridgehead atoms. The predicted molar refractivity (Wildman–Crippen MR) is 122 cm³/mol. The lowest BCUT2D eigenvalue weighted by Gasteiger charge is -2.32. The van der Waals surface area contributed by atoms with Gasteiger partial charge in [-0.2, -0.15) is 0 Å². The molecule has 1 N–H and O–H groups in total. The summed E-state index contributed by atoms with van der Waals surface area (Å²) in [5.74, 6) is 0.387. The molecule has 154 valence electrons. The van der Waals surface area contributed by atoms with E-state index in [2.05, 4.69) is 40.5 Å². The van der Waals surface area contributed by atoms with Crippen molar-refractivity contribution in [1.82, 2.24) is 10.2 Å². The van der Waals surface area contributed by atoms with Crippen LogP contribution in [0.1, 0.15) is 35.4 Å². The van der Waals surface area contributed by atoms with Crippen LogP contribution in [0.3, 0.4) is 0 Å². The number of nitrogens with zero attached hydrogens (tertiary/aromatic N) is 1. The molecule has 1 aliphatic heterocycles. The van der Waals surface area contributed by atoms with Crippen molar-refractivity contribution in [3.8, 4) is 0 Å². The summed E-state index contributed by atoms with van der Waals surface area (Å²) in [5.41, 5.74) is 3.45. The van der Waals surface area contributed by atoms with Gasteiger partial charge in [0.2, 0.25) is 5.91 Å². The minimum Gasteiger partial charge on any atom is -0.355 e. The van der Waals surface area contributed by atoms with E-state index < -0.39 is 0 Å². The number of rotatable bonds is 7. The largest absolute Gasteiger partial charge is 0.355 e. The van der Waals surface area contributed by atoms with Crippen LogP contribution in [0.25, 0.3) is 0 Å². The van der Waals surface area contributed by atoms with Crippen LogP contribution in [-0.4, -0.2) is 30.4 Å². The maximum Gasteiger partial charge on any atom is 0.232 e. The summed E-state index contributed by atoms with van der Waals surface area (Å²) in [6, 6.07) is 30.8. The molecule has 0 aromatic heterocycles. The lowest BCUT2D eigenvalue weighted by atomic mass is 9.90. The smallest absolute Gasteiger partial charge is 0.232 e. The molecule has 3 aromatic carbocycles. The van der Waals surface area contributed by atoms with Crippen LogP contribution in [0, 0.1) is 5.92 Å². The van der Waals surface area contributed by atoms with Crippen molar-refractivity contribution in [2.24, 2.45) is 5.92 Å². The molecule has 0 aliphatic carbocycles.